The fourth-order valence-corrected chi connectivity index (χ4v) is 4.23. The van der Waals surface area contributed by atoms with E-state index in [1.54, 1.807) is 7.11 Å². The van der Waals surface area contributed by atoms with Crippen LogP contribution in [0, 0.1) is 0 Å². The number of methoxy groups -OCH3 is 1. The van der Waals surface area contributed by atoms with Crippen molar-refractivity contribution in [1.82, 2.24) is 5.48 Å². The number of rotatable bonds is 6. The van der Waals surface area contributed by atoms with Crippen LogP contribution < -0.4 is 10.2 Å². The maximum atomic E-state index is 12.3. The molecule has 1 amide bonds. The SMILES string of the molecule is COc1ccc(SC2(CC(=O)NOC(C)(C)C)CCCC2)cc1. The zero-order valence-electron chi connectivity index (χ0n) is 14.5. The topological polar surface area (TPSA) is 47.6 Å². The number of carbonyl (C=O) groups is 1. The summed E-state index contributed by atoms with van der Waals surface area (Å²) in [6.45, 7) is 5.76. The van der Waals surface area contributed by atoms with Crippen LogP contribution in [-0.4, -0.2) is 23.4 Å². The van der Waals surface area contributed by atoms with Gasteiger partial charge in [-0.05, 0) is 57.9 Å². The number of amides is 1. The first-order valence-electron chi connectivity index (χ1n) is 8.12. The molecule has 23 heavy (non-hydrogen) atoms. The van der Waals surface area contributed by atoms with Crippen molar-refractivity contribution in [1.29, 1.82) is 0 Å². The van der Waals surface area contributed by atoms with Crippen molar-refractivity contribution in [3.8, 4) is 5.75 Å². The molecule has 1 saturated carbocycles. The zero-order chi connectivity index (χ0) is 16.9. The van der Waals surface area contributed by atoms with Gasteiger partial charge < -0.3 is 4.74 Å². The Kier molecular flexibility index (Phi) is 5.98. The first-order valence-corrected chi connectivity index (χ1v) is 8.94. The highest BCUT2D eigenvalue weighted by atomic mass is 32.2. The molecule has 0 unspecified atom stereocenters. The number of nitrogens with one attached hydrogen (secondary N) is 1. The molecule has 5 heteroatoms. The van der Waals surface area contributed by atoms with Gasteiger partial charge in [0.15, 0.2) is 0 Å². The van der Waals surface area contributed by atoms with Crippen molar-refractivity contribution in [2.75, 3.05) is 7.11 Å². The molecule has 0 aliphatic heterocycles. The molecule has 0 radical (unpaired) electrons. The van der Waals surface area contributed by atoms with Crippen LogP contribution in [0.1, 0.15) is 52.9 Å². The standard InChI is InChI=1S/C18H27NO3S/c1-17(2,3)22-19-16(20)13-18(11-5-6-12-18)23-15-9-7-14(21-4)8-10-15/h7-10H,5-6,11-13H2,1-4H3,(H,19,20). The van der Waals surface area contributed by atoms with Crippen LogP contribution in [0.3, 0.4) is 0 Å². The molecule has 1 fully saturated rings. The number of benzene rings is 1. The Morgan fingerprint density at radius 2 is 1.83 bits per heavy atom. The fraction of sp³-hybridized carbons (Fsp3) is 0.611. The summed E-state index contributed by atoms with van der Waals surface area (Å²) in [6, 6.07) is 8.06. The van der Waals surface area contributed by atoms with Crippen molar-refractivity contribution in [2.24, 2.45) is 0 Å². The van der Waals surface area contributed by atoms with E-state index in [2.05, 4.69) is 17.6 Å². The van der Waals surface area contributed by atoms with E-state index >= 15 is 0 Å². The minimum atomic E-state index is -0.373. The van der Waals surface area contributed by atoms with Crippen molar-refractivity contribution in [3.63, 3.8) is 0 Å². The lowest BCUT2D eigenvalue weighted by Crippen LogP contribution is -2.37. The van der Waals surface area contributed by atoms with Crippen LogP contribution >= 0.6 is 11.8 Å². The lowest BCUT2D eigenvalue weighted by molar-refractivity contribution is -0.146. The van der Waals surface area contributed by atoms with Crippen LogP contribution in [0.2, 0.25) is 0 Å². The normalized spacial score (nSPS) is 17.0. The number of hydroxylamine groups is 1. The summed E-state index contributed by atoms with van der Waals surface area (Å²) in [6.07, 6.45) is 4.96. The van der Waals surface area contributed by atoms with Gasteiger partial charge in [0.2, 0.25) is 5.91 Å². The van der Waals surface area contributed by atoms with Gasteiger partial charge in [-0.25, -0.2) is 5.48 Å². The number of carbonyl (C=O) groups excluding carboxylic acids is 1. The summed E-state index contributed by atoms with van der Waals surface area (Å²) in [4.78, 5) is 18.9. The second kappa shape index (κ2) is 7.58. The minimum Gasteiger partial charge on any atom is -0.497 e. The third kappa shape index (κ3) is 5.74. The molecule has 0 bridgehead atoms. The van der Waals surface area contributed by atoms with Crippen LogP contribution in [0.5, 0.6) is 5.75 Å². The third-order valence-corrected chi connectivity index (χ3v) is 5.36. The van der Waals surface area contributed by atoms with Crippen molar-refractivity contribution >= 4 is 17.7 Å². The number of hydrogen-bond donors (Lipinski definition) is 1. The van der Waals surface area contributed by atoms with Gasteiger partial charge in [-0.2, -0.15) is 0 Å². The Balaban J connectivity index is 1.99. The van der Waals surface area contributed by atoms with Crippen LogP contribution in [0.15, 0.2) is 29.2 Å². The molecular weight excluding hydrogens is 310 g/mol. The number of ether oxygens (including phenoxy) is 1. The summed E-state index contributed by atoms with van der Waals surface area (Å²) in [5.74, 6) is 0.814. The van der Waals surface area contributed by atoms with E-state index in [1.807, 2.05) is 44.7 Å². The largest absolute Gasteiger partial charge is 0.497 e. The van der Waals surface area contributed by atoms with Gasteiger partial charge in [0.1, 0.15) is 5.75 Å². The number of thioether (sulfide) groups is 1. The molecule has 0 atom stereocenters. The maximum absolute atomic E-state index is 12.3. The van der Waals surface area contributed by atoms with E-state index in [4.69, 9.17) is 9.57 Å². The molecule has 4 nitrogen and oxygen atoms in total. The van der Waals surface area contributed by atoms with E-state index in [1.165, 1.54) is 17.7 Å². The highest BCUT2D eigenvalue weighted by Crippen LogP contribution is 2.47. The van der Waals surface area contributed by atoms with Crippen molar-refractivity contribution in [3.05, 3.63) is 24.3 Å². The molecule has 1 aliphatic rings. The summed E-state index contributed by atoms with van der Waals surface area (Å²) < 4.78 is 5.17. The Labute approximate surface area is 143 Å². The average Bonchev–Trinajstić information content (AvgIpc) is 2.93. The third-order valence-electron chi connectivity index (χ3n) is 3.86. The van der Waals surface area contributed by atoms with E-state index in [9.17, 15) is 4.79 Å². The molecule has 0 aromatic heterocycles. The van der Waals surface area contributed by atoms with Gasteiger partial charge in [-0.3, -0.25) is 9.63 Å². The Hall–Kier alpha value is -1.20. The van der Waals surface area contributed by atoms with E-state index in [0.29, 0.717) is 6.42 Å². The highest BCUT2D eigenvalue weighted by molar-refractivity contribution is 8.00. The van der Waals surface area contributed by atoms with Gasteiger partial charge in [0.05, 0.1) is 12.7 Å². The second-order valence-electron chi connectivity index (χ2n) is 7.08. The van der Waals surface area contributed by atoms with Crippen LogP contribution in [0.25, 0.3) is 0 Å². The highest BCUT2D eigenvalue weighted by Gasteiger charge is 2.37. The zero-order valence-corrected chi connectivity index (χ0v) is 15.3. The lowest BCUT2D eigenvalue weighted by atomic mass is 10.0. The molecule has 1 aromatic rings. The molecule has 2 rings (SSSR count). The van der Waals surface area contributed by atoms with Crippen LogP contribution in [-0.2, 0) is 9.63 Å². The molecule has 1 aliphatic carbocycles. The van der Waals surface area contributed by atoms with Gasteiger partial charge in [0.25, 0.3) is 0 Å². The monoisotopic (exact) mass is 337 g/mol. The lowest BCUT2D eigenvalue weighted by Gasteiger charge is -2.28. The quantitative estimate of drug-likeness (QED) is 0.785. The van der Waals surface area contributed by atoms with Crippen LogP contribution in [0.4, 0.5) is 0 Å². The molecule has 128 valence electrons. The summed E-state index contributed by atoms with van der Waals surface area (Å²) in [5, 5.41) is 0. The predicted molar refractivity (Wildman–Crippen MR) is 93.6 cm³/mol. The predicted octanol–water partition coefficient (Wildman–Crippen LogP) is 4.34. The molecule has 1 aromatic carbocycles. The minimum absolute atomic E-state index is 0.0279. The molecule has 0 spiro atoms. The Morgan fingerprint density at radius 3 is 2.35 bits per heavy atom. The Bertz CT molecular complexity index is 516. The summed E-state index contributed by atoms with van der Waals surface area (Å²) in [5.41, 5.74) is 2.23. The van der Waals surface area contributed by atoms with Gasteiger partial charge >= 0.3 is 0 Å². The smallest absolute Gasteiger partial charge is 0.244 e. The summed E-state index contributed by atoms with van der Waals surface area (Å²) in [7, 11) is 1.67. The van der Waals surface area contributed by atoms with Crippen molar-refractivity contribution < 1.29 is 14.4 Å². The van der Waals surface area contributed by atoms with Gasteiger partial charge in [0, 0.05) is 16.1 Å². The van der Waals surface area contributed by atoms with E-state index in [-0.39, 0.29) is 16.3 Å². The Morgan fingerprint density at radius 1 is 1.22 bits per heavy atom. The fourth-order valence-electron chi connectivity index (χ4n) is 2.77. The average molecular weight is 337 g/mol. The summed E-state index contributed by atoms with van der Waals surface area (Å²) >= 11 is 1.81. The molecule has 0 saturated heterocycles. The first kappa shape index (κ1) is 18.1. The second-order valence-corrected chi connectivity index (χ2v) is 8.63. The van der Waals surface area contributed by atoms with E-state index < -0.39 is 0 Å². The molecule has 0 heterocycles. The van der Waals surface area contributed by atoms with Gasteiger partial charge in [-0.1, -0.05) is 12.8 Å². The molecular formula is C18H27NO3S. The molecule has 1 N–H and O–H groups in total. The first-order chi connectivity index (χ1) is 10.8. The maximum Gasteiger partial charge on any atom is 0.244 e. The number of hydrogen-bond acceptors (Lipinski definition) is 4. The van der Waals surface area contributed by atoms with E-state index in [0.717, 1.165) is 18.6 Å². The van der Waals surface area contributed by atoms with Gasteiger partial charge in [-0.15, -0.1) is 11.8 Å². The van der Waals surface area contributed by atoms with Crippen molar-refractivity contribution in [2.45, 2.75) is 68.1 Å².